The van der Waals surface area contributed by atoms with Crippen molar-refractivity contribution in [3.63, 3.8) is 0 Å². The number of allylic oxidation sites excluding steroid dienone is 12. The van der Waals surface area contributed by atoms with Gasteiger partial charge >= 0.3 is 17.9 Å². The molecule has 0 bridgehead atoms. The lowest BCUT2D eigenvalue weighted by Crippen LogP contribution is -2.30. The SMILES string of the molecule is CCCCC/C=C\C/C=C\C/C=C\C/C=C\C/C=C\CCC(=O)O[C@H](COC(=O)CCCCCCCCC/C=C\CCCCCCCC)COC(=O)CCCCCCCCCCCCCCCCC. The summed E-state index contributed by atoms with van der Waals surface area (Å²) in [5, 5.41) is 0. The van der Waals surface area contributed by atoms with Gasteiger partial charge in [0.1, 0.15) is 13.2 Å². The van der Waals surface area contributed by atoms with Gasteiger partial charge in [0.05, 0.1) is 0 Å². The highest BCUT2D eigenvalue weighted by atomic mass is 16.6. The minimum absolute atomic E-state index is 0.104. The first-order valence-corrected chi connectivity index (χ1v) is 29.4. The largest absolute Gasteiger partial charge is 0.462 e. The number of rotatable bonds is 53. The normalized spacial score (nSPS) is 12.6. The summed E-state index contributed by atoms with van der Waals surface area (Å²) in [4.78, 5) is 38.1. The molecule has 6 heteroatoms. The molecule has 69 heavy (non-hydrogen) atoms. The van der Waals surface area contributed by atoms with E-state index in [4.69, 9.17) is 14.2 Å². The van der Waals surface area contributed by atoms with Crippen LogP contribution in [-0.2, 0) is 28.6 Å². The lowest BCUT2D eigenvalue weighted by Gasteiger charge is -2.18. The molecule has 0 aromatic heterocycles. The van der Waals surface area contributed by atoms with Crippen molar-refractivity contribution in [1.82, 2.24) is 0 Å². The average Bonchev–Trinajstić information content (AvgIpc) is 3.35. The van der Waals surface area contributed by atoms with Gasteiger partial charge in [-0.1, -0.05) is 261 Å². The molecular weight excluding hydrogens is 853 g/mol. The van der Waals surface area contributed by atoms with Gasteiger partial charge in [-0.25, -0.2) is 0 Å². The van der Waals surface area contributed by atoms with Crippen molar-refractivity contribution in [1.29, 1.82) is 0 Å². The summed E-state index contributed by atoms with van der Waals surface area (Å²) in [5.74, 6) is -0.981. The maximum atomic E-state index is 12.8. The first-order valence-electron chi connectivity index (χ1n) is 29.4. The van der Waals surface area contributed by atoms with Crippen molar-refractivity contribution < 1.29 is 28.6 Å². The Morgan fingerprint density at radius 1 is 0.290 bits per heavy atom. The van der Waals surface area contributed by atoms with Gasteiger partial charge in [0.25, 0.3) is 0 Å². The van der Waals surface area contributed by atoms with Crippen molar-refractivity contribution in [2.45, 2.75) is 297 Å². The Bertz CT molecular complexity index is 1290. The molecule has 0 radical (unpaired) electrons. The Morgan fingerprint density at radius 3 is 0.913 bits per heavy atom. The number of ether oxygens (including phenoxy) is 3. The summed E-state index contributed by atoms with van der Waals surface area (Å²) in [7, 11) is 0. The summed E-state index contributed by atoms with van der Waals surface area (Å²) in [6, 6.07) is 0. The molecule has 0 aromatic carbocycles. The highest BCUT2D eigenvalue weighted by Crippen LogP contribution is 2.16. The fourth-order valence-electron chi connectivity index (χ4n) is 8.24. The summed E-state index contributed by atoms with van der Waals surface area (Å²) < 4.78 is 16.8. The lowest BCUT2D eigenvalue weighted by atomic mass is 10.0. The van der Waals surface area contributed by atoms with E-state index < -0.39 is 6.10 Å². The van der Waals surface area contributed by atoms with Crippen LogP contribution in [0.5, 0.6) is 0 Å². The third-order valence-corrected chi connectivity index (χ3v) is 12.7. The second kappa shape index (κ2) is 57.4. The molecule has 0 spiro atoms. The van der Waals surface area contributed by atoms with Crippen molar-refractivity contribution in [3.05, 3.63) is 72.9 Å². The molecule has 398 valence electrons. The Labute approximate surface area is 427 Å². The fourth-order valence-corrected chi connectivity index (χ4v) is 8.24. The van der Waals surface area contributed by atoms with Gasteiger partial charge in [-0.05, 0) is 83.5 Å². The van der Waals surface area contributed by atoms with E-state index in [2.05, 4.69) is 87.6 Å². The fraction of sp³-hybridized carbons (Fsp3) is 0.762. The van der Waals surface area contributed by atoms with E-state index in [1.165, 1.54) is 180 Å². The van der Waals surface area contributed by atoms with Gasteiger partial charge in [0.2, 0.25) is 0 Å². The van der Waals surface area contributed by atoms with Crippen LogP contribution in [0, 0.1) is 0 Å². The van der Waals surface area contributed by atoms with Gasteiger partial charge in [0, 0.05) is 19.3 Å². The Balaban J connectivity index is 4.48. The molecule has 0 N–H and O–H groups in total. The molecule has 0 fully saturated rings. The molecule has 0 amide bonds. The number of unbranched alkanes of at least 4 members (excludes halogenated alkanes) is 30. The van der Waals surface area contributed by atoms with Crippen LogP contribution in [0.4, 0.5) is 0 Å². The van der Waals surface area contributed by atoms with E-state index in [-0.39, 0.29) is 37.5 Å². The zero-order valence-corrected chi connectivity index (χ0v) is 45.6. The van der Waals surface area contributed by atoms with Crippen LogP contribution in [0.1, 0.15) is 290 Å². The van der Waals surface area contributed by atoms with Crippen molar-refractivity contribution >= 4 is 17.9 Å². The van der Waals surface area contributed by atoms with Crippen molar-refractivity contribution in [3.8, 4) is 0 Å². The molecule has 0 saturated carbocycles. The second-order valence-corrected chi connectivity index (χ2v) is 19.6. The van der Waals surface area contributed by atoms with Crippen LogP contribution < -0.4 is 0 Å². The number of carbonyl (C=O) groups excluding carboxylic acids is 3. The summed E-state index contributed by atoms with van der Waals surface area (Å²) in [5.41, 5.74) is 0. The minimum atomic E-state index is -0.815. The highest BCUT2D eigenvalue weighted by molar-refractivity contribution is 5.71. The molecule has 0 saturated heterocycles. The molecule has 0 aromatic rings. The van der Waals surface area contributed by atoms with E-state index in [1.807, 2.05) is 6.08 Å². The number of esters is 3. The lowest BCUT2D eigenvalue weighted by molar-refractivity contribution is -0.166. The molecule has 6 nitrogen and oxygen atoms in total. The molecule has 0 heterocycles. The zero-order chi connectivity index (χ0) is 50.0. The predicted octanol–water partition coefficient (Wildman–Crippen LogP) is 19.8. The van der Waals surface area contributed by atoms with Gasteiger partial charge in [0.15, 0.2) is 6.10 Å². The standard InChI is InChI=1S/C63H110O6/c1-4-7-10-13-16-19-22-25-28-30-31-33-36-39-42-45-48-51-54-57-63(66)69-60(58-67-61(64)55-52-49-46-43-40-37-34-27-24-21-18-15-12-9-6-3)59-68-62(65)56-53-50-47-44-41-38-35-32-29-26-23-20-17-14-11-8-5-2/h16,19,25-26,28-29,31,33,39,42,48,51,60H,4-15,17-18,20-24,27,30,32,34-38,40-41,43-47,49-50,52-59H2,1-3H3/b19-16-,28-25-,29-26-,33-31-,42-39-,51-48-/t60-/m0/s1. The van der Waals surface area contributed by atoms with E-state index >= 15 is 0 Å². The molecule has 0 aliphatic heterocycles. The minimum Gasteiger partial charge on any atom is -0.462 e. The number of hydrogen-bond donors (Lipinski definition) is 0. The Kier molecular flexibility index (Phi) is 54.8. The first kappa shape index (κ1) is 65.8. The van der Waals surface area contributed by atoms with E-state index in [1.54, 1.807) is 0 Å². The molecule has 0 aliphatic rings. The van der Waals surface area contributed by atoms with Gasteiger partial charge in [-0.2, -0.15) is 0 Å². The number of hydrogen-bond acceptors (Lipinski definition) is 6. The summed E-state index contributed by atoms with van der Waals surface area (Å²) in [6.45, 7) is 6.57. The van der Waals surface area contributed by atoms with Crippen molar-refractivity contribution in [2.75, 3.05) is 13.2 Å². The molecule has 1 atom stereocenters. The van der Waals surface area contributed by atoms with Crippen LogP contribution in [-0.4, -0.2) is 37.2 Å². The van der Waals surface area contributed by atoms with Gasteiger partial charge in [-0.15, -0.1) is 0 Å². The predicted molar refractivity (Wildman–Crippen MR) is 298 cm³/mol. The molecule has 0 unspecified atom stereocenters. The maximum Gasteiger partial charge on any atom is 0.306 e. The van der Waals surface area contributed by atoms with Crippen molar-refractivity contribution in [2.24, 2.45) is 0 Å². The third-order valence-electron chi connectivity index (χ3n) is 12.7. The van der Waals surface area contributed by atoms with E-state index in [9.17, 15) is 14.4 Å². The topological polar surface area (TPSA) is 78.9 Å². The molecular formula is C63H110O6. The zero-order valence-electron chi connectivity index (χ0n) is 45.6. The van der Waals surface area contributed by atoms with Gasteiger partial charge < -0.3 is 14.2 Å². The molecule has 0 aliphatic carbocycles. The maximum absolute atomic E-state index is 12.8. The smallest absolute Gasteiger partial charge is 0.306 e. The Hall–Kier alpha value is -3.15. The average molecular weight is 964 g/mol. The first-order chi connectivity index (χ1) is 34.0. The molecule has 0 rings (SSSR count). The quantitative estimate of drug-likeness (QED) is 0.0262. The van der Waals surface area contributed by atoms with Crippen LogP contribution in [0.25, 0.3) is 0 Å². The summed E-state index contributed by atoms with van der Waals surface area (Å²) in [6.07, 6.45) is 73.3. The van der Waals surface area contributed by atoms with Crippen LogP contribution in [0.3, 0.4) is 0 Å². The summed E-state index contributed by atoms with van der Waals surface area (Å²) >= 11 is 0. The highest BCUT2D eigenvalue weighted by Gasteiger charge is 2.19. The van der Waals surface area contributed by atoms with Crippen LogP contribution in [0.15, 0.2) is 72.9 Å². The second-order valence-electron chi connectivity index (χ2n) is 19.6. The third kappa shape index (κ3) is 55.6. The Morgan fingerprint density at radius 2 is 0.551 bits per heavy atom. The van der Waals surface area contributed by atoms with Crippen LogP contribution in [0.2, 0.25) is 0 Å². The monoisotopic (exact) mass is 963 g/mol. The van der Waals surface area contributed by atoms with Crippen LogP contribution >= 0.6 is 0 Å². The number of carbonyl (C=O) groups is 3. The van der Waals surface area contributed by atoms with Gasteiger partial charge in [-0.3, -0.25) is 14.4 Å². The van der Waals surface area contributed by atoms with E-state index in [0.29, 0.717) is 19.3 Å². The van der Waals surface area contributed by atoms with E-state index in [0.717, 1.165) is 64.2 Å².